The Labute approximate surface area is 181 Å². The summed E-state index contributed by atoms with van der Waals surface area (Å²) in [5.74, 6) is -2.59. The summed E-state index contributed by atoms with van der Waals surface area (Å²) in [7, 11) is -4.27. The predicted molar refractivity (Wildman–Crippen MR) is 114 cm³/mol. The van der Waals surface area contributed by atoms with Crippen LogP contribution in [0.1, 0.15) is 24.3 Å². The van der Waals surface area contributed by atoms with Gasteiger partial charge in [0, 0.05) is 17.1 Å². The highest BCUT2D eigenvalue weighted by atomic mass is 32.2. The van der Waals surface area contributed by atoms with Gasteiger partial charge in [0.05, 0.1) is 5.69 Å². The van der Waals surface area contributed by atoms with E-state index in [4.69, 9.17) is 5.73 Å². The van der Waals surface area contributed by atoms with Crippen molar-refractivity contribution in [2.75, 3.05) is 5.32 Å². The first-order chi connectivity index (χ1) is 14.6. The van der Waals surface area contributed by atoms with Crippen molar-refractivity contribution >= 4 is 38.3 Å². The van der Waals surface area contributed by atoms with Crippen LogP contribution in [0, 0.1) is 11.7 Å². The highest BCUT2D eigenvalue weighted by molar-refractivity contribution is 7.89. The molecule has 0 spiro atoms. The van der Waals surface area contributed by atoms with Gasteiger partial charge in [-0.25, -0.2) is 17.8 Å². The first-order valence-corrected chi connectivity index (χ1v) is 11.5. The number of aromatic amines is 1. The highest BCUT2D eigenvalue weighted by Crippen LogP contribution is 2.26. The number of halogens is 1. The van der Waals surface area contributed by atoms with Gasteiger partial charge in [0.1, 0.15) is 22.4 Å². The number of amides is 2. The first kappa shape index (κ1) is 22.6. The molecule has 164 valence electrons. The van der Waals surface area contributed by atoms with Crippen molar-refractivity contribution in [2.24, 2.45) is 11.7 Å². The Balaban J connectivity index is 1.76. The van der Waals surface area contributed by atoms with E-state index in [1.54, 1.807) is 25.4 Å². The standard InChI is InChI=1S/C19H20FN5O4S2/c1-10(2)16(25-31(28,29)15-6-4-3-5-12(15)20)18(27)24-19-23-14(9-30-19)11-7-13(17(21)26)22-8-11/h3-10,16,22,25H,1-2H3,(H2,21,26)(H,23,24,27)/t16-/m0/s1. The summed E-state index contributed by atoms with van der Waals surface area (Å²) in [5, 5.41) is 4.48. The van der Waals surface area contributed by atoms with Crippen LogP contribution in [0.5, 0.6) is 0 Å². The second kappa shape index (κ2) is 8.96. The largest absolute Gasteiger partial charge is 0.364 e. The Bertz CT molecular complexity index is 1220. The normalized spacial score (nSPS) is 12.6. The van der Waals surface area contributed by atoms with Crippen molar-refractivity contribution in [2.45, 2.75) is 24.8 Å². The quantitative estimate of drug-likeness (QED) is 0.403. The van der Waals surface area contributed by atoms with Gasteiger partial charge in [-0.2, -0.15) is 4.72 Å². The molecule has 31 heavy (non-hydrogen) atoms. The van der Waals surface area contributed by atoms with Gasteiger partial charge in [0.2, 0.25) is 15.9 Å². The monoisotopic (exact) mass is 465 g/mol. The molecule has 0 saturated heterocycles. The number of aromatic nitrogens is 2. The molecule has 0 radical (unpaired) electrons. The van der Waals surface area contributed by atoms with E-state index in [9.17, 15) is 22.4 Å². The van der Waals surface area contributed by atoms with Crippen molar-refractivity contribution in [3.05, 3.63) is 53.4 Å². The van der Waals surface area contributed by atoms with Gasteiger partial charge in [-0.3, -0.25) is 9.59 Å². The van der Waals surface area contributed by atoms with Gasteiger partial charge in [-0.1, -0.05) is 26.0 Å². The fraction of sp³-hybridized carbons (Fsp3) is 0.211. The van der Waals surface area contributed by atoms with Crippen LogP contribution in [0.4, 0.5) is 9.52 Å². The lowest BCUT2D eigenvalue weighted by Gasteiger charge is -2.21. The van der Waals surface area contributed by atoms with E-state index < -0.39 is 44.5 Å². The van der Waals surface area contributed by atoms with E-state index in [-0.39, 0.29) is 10.8 Å². The van der Waals surface area contributed by atoms with Gasteiger partial charge in [-0.05, 0) is 24.1 Å². The SMILES string of the molecule is CC(C)[C@H](NS(=O)(=O)c1ccccc1F)C(=O)Nc1nc(-c2c[nH]c(C(N)=O)c2)cs1. The second-order valence-corrected chi connectivity index (χ2v) is 9.51. The number of hydrogen-bond donors (Lipinski definition) is 4. The van der Waals surface area contributed by atoms with Crippen LogP contribution in [0.15, 0.2) is 46.8 Å². The van der Waals surface area contributed by atoms with Gasteiger partial charge < -0.3 is 16.0 Å². The van der Waals surface area contributed by atoms with E-state index in [2.05, 4.69) is 20.0 Å². The fourth-order valence-electron chi connectivity index (χ4n) is 2.72. The van der Waals surface area contributed by atoms with Gasteiger partial charge >= 0.3 is 0 Å². The Hall–Kier alpha value is -3.09. The molecule has 0 unspecified atom stereocenters. The molecular weight excluding hydrogens is 445 g/mol. The lowest BCUT2D eigenvalue weighted by Crippen LogP contribution is -2.47. The third-order valence-electron chi connectivity index (χ3n) is 4.34. The van der Waals surface area contributed by atoms with Crippen molar-refractivity contribution in [1.29, 1.82) is 0 Å². The zero-order valence-corrected chi connectivity index (χ0v) is 18.2. The summed E-state index contributed by atoms with van der Waals surface area (Å²) in [4.78, 5) is 30.4. The van der Waals surface area contributed by atoms with Crippen LogP contribution in [0.25, 0.3) is 11.3 Å². The molecule has 0 saturated carbocycles. The van der Waals surface area contributed by atoms with E-state index in [0.717, 1.165) is 23.5 Å². The number of benzene rings is 1. The molecule has 2 heterocycles. The number of H-pyrrole nitrogens is 1. The molecule has 5 N–H and O–H groups in total. The van der Waals surface area contributed by atoms with Crippen LogP contribution in [0.3, 0.4) is 0 Å². The number of carbonyl (C=O) groups is 2. The molecule has 0 fully saturated rings. The Morgan fingerprint density at radius 3 is 2.58 bits per heavy atom. The summed E-state index contributed by atoms with van der Waals surface area (Å²) >= 11 is 1.13. The van der Waals surface area contributed by atoms with Crippen molar-refractivity contribution in [3.63, 3.8) is 0 Å². The molecule has 9 nitrogen and oxygen atoms in total. The predicted octanol–water partition coefficient (Wildman–Crippen LogP) is 2.32. The smallest absolute Gasteiger partial charge is 0.265 e. The van der Waals surface area contributed by atoms with Gasteiger partial charge in [0.15, 0.2) is 5.13 Å². The summed E-state index contributed by atoms with van der Waals surface area (Å²) in [6.07, 6.45) is 1.56. The zero-order chi connectivity index (χ0) is 22.8. The van der Waals surface area contributed by atoms with Gasteiger partial charge in [0.25, 0.3) is 5.91 Å². The highest BCUT2D eigenvalue weighted by Gasteiger charge is 2.30. The summed E-state index contributed by atoms with van der Waals surface area (Å²) in [6.45, 7) is 3.32. The molecule has 12 heteroatoms. The average Bonchev–Trinajstić information content (AvgIpc) is 3.35. The maximum atomic E-state index is 13.9. The van der Waals surface area contributed by atoms with E-state index >= 15 is 0 Å². The minimum atomic E-state index is -4.27. The average molecular weight is 466 g/mol. The van der Waals surface area contributed by atoms with E-state index in [1.807, 2.05) is 0 Å². The number of nitrogens with one attached hydrogen (secondary N) is 3. The molecule has 3 rings (SSSR count). The lowest BCUT2D eigenvalue weighted by molar-refractivity contribution is -0.118. The molecule has 0 aliphatic heterocycles. The third-order valence-corrected chi connectivity index (χ3v) is 6.57. The van der Waals surface area contributed by atoms with Crippen molar-refractivity contribution in [1.82, 2.24) is 14.7 Å². The Kier molecular flexibility index (Phi) is 6.53. The Morgan fingerprint density at radius 1 is 1.26 bits per heavy atom. The molecular formula is C19H20FN5O4S2. The van der Waals surface area contributed by atoms with Gasteiger partial charge in [-0.15, -0.1) is 11.3 Å². The number of sulfonamides is 1. The third kappa shape index (κ3) is 5.16. The number of nitrogens with two attached hydrogens (primary N) is 1. The number of primary amides is 1. The van der Waals surface area contributed by atoms with Crippen LogP contribution in [0.2, 0.25) is 0 Å². The number of anilines is 1. The maximum absolute atomic E-state index is 13.9. The van der Waals surface area contributed by atoms with Crippen LogP contribution in [-0.2, 0) is 14.8 Å². The molecule has 1 aromatic carbocycles. The van der Waals surface area contributed by atoms with Crippen LogP contribution < -0.4 is 15.8 Å². The summed E-state index contributed by atoms with van der Waals surface area (Å²) < 4.78 is 41.4. The van der Waals surface area contributed by atoms with E-state index in [1.165, 1.54) is 18.2 Å². The van der Waals surface area contributed by atoms with Crippen LogP contribution >= 0.6 is 11.3 Å². The Morgan fingerprint density at radius 2 is 1.97 bits per heavy atom. The molecule has 0 aliphatic rings. The maximum Gasteiger partial charge on any atom is 0.265 e. The van der Waals surface area contributed by atoms with Crippen molar-refractivity contribution < 1.29 is 22.4 Å². The minimum absolute atomic E-state index is 0.219. The summed E-state index contributed by atoms with van der Waals surface area (Å²) in [5.41, 5.74) is 6.53. The molecule has 0 aliphatic carbocycles. The molecule has 0 bridgehead atoms. The molecule has 1 atom stereocenters. The number of rotatable bonds is 8. The zero-order valence-electron chi connectivity index (χ0n) is 16.5. The minimum Gasteiger partial charge on any atom is -0.364 e. The second-order valence-electron chi connectivity index (χ2n) is 6.97. The number of nitrogens with zero attached hydrogens (tertiary/aromatic N) is 1. The number of carbonyl (C=O) groups excluding carboxylic acids is 2. The lowest BCUT2D eigenvalue weighted by atomic mass is 10.1. The number of thiazole rings is 1. The molecule has 3 aromatic rings. The fourth-order valence-corrected chi connectivity index (χ4v) is 4.86. The van der Waals surface area contributed by atoms with E-state index in [0.29, 0.717) is 11.3 Å². The number of hydrogen-bond acceptors (Lipinski definition) is 6. The topological polar surface area (TPSA) is 147 Å². The molecule has 2 amide bonds. The van der Waals surface area contributed by atoms with Crippen LogP contribution in [-0.4, -0.2) is 36.2 Å². The first-order valence-electron chi connectivity index (χ1n) is 9.10. The van der Waals surface area contributed by atoms with Crippen molar-refractivity contribution in [3.8, 4) is 11.3 Å². The molecule has 2 aromatic heterocycles. The summed E-state index contributed by atoms with van der Waals surface area (Å²) in [6, 6.07) is 5.29.